The lowest BCUT2D eigenvalue weighted by atomic mass is 10.1. The Morgan fingerprint density at radius 3 is 2.71 bits per heavy atom. The summed E-state index contributed by atoms with van der Waals surface area (Å²) in [6.45, 7) is 0. The first-order valence-electron chi connectivity index (χ1n) is 4.89. The molecule has 0 rings (SSSR count). The molecule has 0 aromatic rings. The average Bonchev–Trinajstić information content (AvgIpc) is 2.17. The van der Waals surface area contributed by atoms with Crippen LogP contribution in [0.15, 0.2) is 0 Å². The molecule has 1 atom stereocenters. The smallest absolute Gasteiger partial charge is 0.308 e. The van der Waals surface area contributed by atoms with Crippen molar-refractivity contribution in [1.82, 2.24) is 0 Å². The van der Waals surface area contributed by atoms with Gasteiger partial charge in [-0.15, -0.1) is 0 Å². The second kappa shape index (κ2) is 8.69. The minimum absolute atomic E-state index is 0.0597. The molecule has 0 saturated heterocycles. The van der Waals surface area contributed by atoms with Crippen molar-refractivity contribution in [2.45, 2.75) is 44.6 Å². The van der Waals surface area contributed by atoms with E-state index in [1.165, 1.54) is 7.11 Å². The maximum absolute atomic E-state index is 10.7. The van der Waals surface area contributed by atoms with Crippen LogP contribution < -0.4 is 0 Å². The summed E-state index contributed by atoms with van der Waals surface area (Å²) in [4.78, 5) is 20.7. The Morgan fingerprint density at radius 2 is 2.14 bits per heavy atom. The van der Waals surface area contributed by atoms with Crippen LogP contribution in [0.4, 0.5) is 0 Å². The maximum Gasteiger partial charge on any atom is 0.308 e. The van der Waals surface area contributed by atoms with Crippen LogP contribution in [0.5, 0.6) is 0 Å². The molecule has 0 heterocycles. The zero-order valence-electron chi connectivity index (χ0n) is 8.57. The van der Waals surface area contributed by atoms with E-state index >= 15 is 0 Å². The number of methoxy groups -OCH3 is 1. The van der Waals surface area contributed by atoms with Crippen LogP contribution in [0.25, 0.3) is 0 Å². The van der Waals surface area contributed by atoms with Crippen molar-refractivity contribution in [2.24, 2.45) is 0 Å². The third-order valence-electron chi connectivity index (χ3n) is 1.99. The third-order valence-corrected chi connectivity index (χ3v) is 1.99. The molecule has 0 amide bonds. The Hall–Kier alpha value is -0.900. The van der Waals surface area contributed by atoms with Crippen molar-refractivity contribution >= 4 is 12.3 Å². The van der Waals surface area contributed by atoms with E-state index in [4.69, 9.17) is 0 Å². The molecule has 0 radical (unpaired) electrons. The summed E-state index contributed by atoms with van der Waals surface area (Å²) in [7, 11) is 1.30. The molecule has 0 fully saturated rings. The first kappa shape index (κ1) is 13.1. The fourth-order valence-corrected chi connectivity index (χ4v) is 1.16. The summed E-state index contributed by atoms with van der Waals surface area (Å²) >= 11 is 0. The Kier molecular flexibility index (Phi) is 8.13. The highest BCUT2D eigenvalue weighted by molar-refractivity contribution is 5.69. The molecular weight excluding hydrogens is 184 g/mol. The van der Waals surface area contributed by atoms with Gasteiger partial charge in [0.15, 0.2) is 0 Å². The fraction of sp³-hybridized carbons (Fsp3) is 0.800. The standard InChI is InChI=1S/C10H18O4/c1-14-10(13)8-9(12)6-4-2-3-5-7-11/h7,9,12H,2-6,8H2,1H3. The van der Waals surface area contributed by atoms with Crippen molar-refractivity contribution < 1.29 is 19.4 Å². The lowest BCUT2D eigenvalue weighted by Crippen LogP contribution is -2.14. The van der Waals surface area contributed by atoms with Gasteiger partial charge in [0, 0.05) is 6.42 Å². The number of unbranched alkanes of at least 4 members (excludes halogenated alkanes) is 3. The zero-order valence-corrected chi connectivity index (χ0v) is 8.57. The Balaban J connectivity index is 3.30. The molecule has 0 aliphatic carbocycles. The lowest BCUT2D eigenvalue weighted by Gasteiger charge is -2.07. The lowest BCUT2D eigenvalue weighted by molar-refractivity contribution is -0.142. The normalized spacial score (nSPS) is 12.1. The van der Waals surface area contributed by atoms with Gasteiger partial charge in [-0.1, -0.05) is 12.8 Å². The monoisotopic (exact) mass is 202 g/mol. The summed E-state index contributed by atoms with van der Waals surface area (Å²) in [6.07, 6.45) is 4.12. The molecule has 0 bridgehead atoms. The van der Waals surface area contributed by atoms with Gasteiger partial charge in [0.2, 0.25) is 0 Å². The number of aliphatic hydroxyl groups excluding tert-OH is 1. The summed E-state index contributed by atoms with van der Waals surface area (Å²) in [6, 6.07) is 0. The highest BCUT2D eigenvalue weighted by atomic mass is 16.5. The number of hydrogen-bond donors (Lipinski definition) is 1. The Morgan fingerprint density at radius 1 is 1.43 bits per heavy atom. The molecule has 0 aromatic heterocycles. The van der Waals surface area contributed by atoms with E-state index in [1.807, 2.05) is 0 Å². The Labute approximate surface area is 84.3 Å². The summed E-state index contributed by atoms with van der Waals surface area (Å²) in [5.41, 5.74) is 0. The van der Waals surface area contributed by atoms with Crippen molar-refractivity contribution in [1.29, 1.82) is 0 Å². The number of aldehydes is 1. The van der Waals surface area contributed by atoms with Crippen LogP contribution >= 0.6 is 0 Å². The third kappa shape index (κ3) is 7.73. The van der Waals surface area contributed by atoms with Crippen LogP contribution in [0.3, 0.4) is 0 Å². The highest BCUT2D eigenvalue weighted by Gasteiger charge is 2.09. The van der Waals surface area contributed by atoms with E-state index in [-0.39, 0.29) is 12.4 Å². The molecular formula is C10H18O4. The maximum atomic E-state index is 10.7. The van der Waals surface area contributed by atoms with Crippen molar-refractivity contribution in [2.75, 3.05) is 7.11 Å². The number of carbonyl (C=O) groups excluding carboxylic acids is 2. The highest BCUT2D eigenvalue weighted by Crippen LogP contribution is 2.07. The Bertz CT molecular complexity index is 168. The molecule has 0 aliphatic heterocycles. The van der Waals surface area contributed by atoms with Crippen LogP contribution in [0.1, 0.15) is 38.5 Å². The van der Waals surface area contributed by atoms with E-state index in [9.17, 15) is 14.7 Å². The predicted molar refractivity (Wildman–Crippen MR) is 51.8 cm³/mol. The summed E-state index contributed by atoms with van der Waals surface area (Å²) < 4.78 is 4.42. The molecule has 0 aliphatic rings. The van der Waals surface area contributed by atoms with Gasteiger partial charge < -0.3 is 14.6 Å². The van der Waals surface area contributed by atoms with Crippen molar-refractivity contribution in [3.05, 3.63) is 0 Å². The second-order valence-corrected chi connectivity index (χ2v) is 3.24. The van der Waals surface area contributed by atoms with E-state index in [0.717, 1.165) is 25.5 Å². The predicted octanol–water partition coefficient (Wildman–Crippen LogP) is 1.06. The van der Waals surface area contributed by atoms with Gasteiger partial charge >= 0.3 is 5.97 Å². The van der Waals surface area contributed by atoms with Crippen LogP contribution in [0, 0.1) is 0 Å². The molecule has 14 heavy (non-hydrogen) atoms. The fourth-order valence-electron chi connectivity index (χ4n) is 1.16. The minimum atomic E-state index is -0.612. The van der Waals surface area contributed by atoms with Crippen LogP contribution in [-0.4, -0.2) is 30.6 Å². The van der Waals surface area contributed by atoms with Gasteiger partial charge in [0.25, 0.3) is 0 Å². The average molecular weight is 202 g/mol. The SMILES string of the molecule is COC(=O)CC(O)CCCCCC=O. The van der Waals surface area contributed by atoms with Crippen molar-refractivity contribution in [3.8, 4) is 0 Å². The molecule has 1 unspecified atom stereocenters. The molecule has 82 valence electrons. The van der Waals surface area contributed by atoms with Crippen molar-refractivity contribution in [3.63, 3.8) is 0 Å². The number of hydrogen-bond acceptors (Lipinski definition) is 4. The first-order valence-corrected chi connectivity index (χ1v) is 4.89. The van der Waals surface area contributed by atoms with Gasteiger partial charge in [-0.3, -0.25) is 4.79 Å². The van der Waals surface area contributed by atoms with E-state index < -0.39 is 6.10 Å². The molecule has 0 saturated carbocycles. The van der Waals surface area contributed by atoms with Gasteiger partial charge in [-0.2, -0.15) is 0 Å². The number of carbonyl (C=O) groups is 2. The zero-order chi connectivity index (χ0) is 10.8. The minimum Gasteiger partial charge on any atom is -0.469 e. The first-order chi connectivity index (χ1) is 6.70. The summed E-state index contributed by atoms with van der Waals surface area (Å²) in [5.74, 6) is -0.384. The number of aliphatic hydroxyl groups is 1. The molecule has 4 heteroatoms. The van der Waals surface area contributed by atoms with Crippen LogP contribution in [0.2, 0.25) is 0 Å². The molecule has 1 N–H and O–H groups in total. The quantitative estimate of drug-likeness (QED) is 0.363. The van der Waals surface area contributed by atoms with Gasteiger partial charge in [-0.25, -0.2) is 0 Å². The van der Waals surface area contributed by atoms with Gasteiger partial charge in [0.1, 0.15) is 6.29 Å². The topological polar surface area (TPSA) is 63.6 Å². The largest absolute Gasteiger partial charge is 0.469 e. The van der Waals surface area contributed by atoms with Crippen LogP contribution in [-0.2, 0) is 14.3 Å². The molecule has 0 spiro atoms. The van der Waals surface area contributed by atoms with Gasteiger partial charge in [0.05, 0.1) is 19.6 Å². The number of rotatable bonds is 8. The number of esters is 1. The summed E-state index contributed by atoms with van der Waals surface area (Å²) in [5, 5.41) is 9.34. The van der Waals surface area contributed by atoms with Gasteiger partial charge in [-0.05, 0) is 12.8 Å². The van der Waals surface area contributed by atoms with E-state index in [1.54, 1.807) is 0 Å². The van der Waals surface area contributed by atoms with E-state index in [2.05, 4.69) is 4.74 Å². The molecule has 0 aromatic carbocycles. The molecule has 4 nitrogen and oxygen atoms in total. The number of ether oxygens (including phenoxy) is 1. The van der Waals surface area contributed by atoms with E-state index in [0.29, 0.717) is 12.8 Å². The second-order valence-electron chi connectivity index (χ2n) is 3.24.